The van der Waals surface area contributed by atoms with Crippen LogP contribution < -0.4 is 0 Å². The highest BCUT2D eigenvalue weighted by Crippen LogP contribution is 2.44. The van der Waals surface area contributed by atoms with Gasteiger partial charge in [0.25, 0.3) is 0 Å². The quantitative estimate of drug-likeness (QED) is 0.608. The molecule has 2 aromatic carbocycles. The lowest BCUT2D eigenvalue weighted by Crippen LogP contribution is -2.46. The van der Waals surface area contributed by atoms with Crippen LogP contribution in [0.15, 0.2) is 54.6 Å². The average molecular weight is 394 g/mol. The Balaban J connectivity index is 1.84. The largest absolute Gasteiger partial charge is 0.376 e. The van der Waals surface area contributed by atoms with Gasteiger partial charge in [-0.2, -0.15) is 0 Å². The zero-order valence-corrected chi connectivity index (χ0v) is 18.4. The smallest absolute Gasteiger partial charge is 0.222 e. The molecule has 0 unspecified atom stereocenters. The number of benzene rings is 2. The standard InChI is InChI=1S/C26H35NO2/c1-5-24(28)27(19-22-9-7-6-8-10-22)17-15-26(16-18-29-25(3,4)20-26)23-13-11-21(2)12-14-23/h6-14H,5,15-20H2,1-4H3/t26-/m1/s1. The summed E-state index contributed by atoms with van der Waals surface area (Å²) in [6, 6.07) is 19.3. The Hall–Kier alpha value is -2.13. The first-order valence-corrected chi connectivity index (χ1v) is 10.9. The summed E-state index contributed by atoms with van der Waals surface area (Å²) in [5.74, 6) is 0.222. The summed E-state index contributed by atoms with van der Waals surface area (Å²) in [6.45, 7) is 10.7. The van der Waals surface area contributed by atoms with Crippen molar-refractivity contribution in [2.75, 3.05) is 13.2 Å². The van der Waals surface area contributed by atoms with Gasteiger partial charge in [0.15, 0.2) is 0 Å². The normalized spacial score (nSPS) is 21.0. The monoisotopic (exact) mass is 393 g/mol. The molecule has 0 saturated carbocycles. The molecule has 0 bridgehead atoms. The molecule has 3 nitrogen and oxygen atoms in total. The van der Waals surface area contributed by atoms with Crippen molar-refractivity contribution in [3.05, 3.63) is 71.3 Å². The molecule has 1 fully saturated rings. The SMILES string of the molecule is CCC(=O)N(CC[C@@]1(c2ccc(C)cc2)CCOC(C)(C)C1)Cc1ccccc1. The Morgan fingerprint density at radius 1 is 1.07 bits per heavy atom. The van der Waals surface area contributed by atoms with E-state index < -0.39 is 0 Å². The van der Waals surface area contributed by atoms with Crippen LogP contribution in [-0.4, -0.2) is 29.6 Å². The zero-order chi connectivity index (χ0) is 20.9. The van der Waals surface area contributed by atoms with Crippen LogP contribution in [-0.2, 0) is 21.5 Å². The summed E-state index contributed by atoms with van der Waals surface area (Å²) in [6.07, 6.45) is 3.47. The van der Waals surface area contributed by atoms with Gasteiger partial charge in [-0.1, -0.05) is 67.1 Å². The molecule has 1 amide bonds. The summed E-state index contributed by atoms with van der Waals surface area (Å²) < 4.78 is 6.06. The maximum absolute atomic E-state index is 12.7. The molecule has 1 saturated heterocycles. The van der Waals surface area contributed by atoms with Crippen molar-refractivity contribution in [3.8, 4) is 0 Å². The van der Waals surface area contributed by atoms with Gasteiger partial charge in [0.05, 0.1) is 5.60 Å². The molecule has 2 aromatic rings. The highest BCUT2D eigenvalue weighted by Gasteiger charge is 2.42. The number of nitrogens with zero attached hydrogens (tertiary/aromatic N) is 1. The minimum absolute atomic E-state index is 0.0401. The zero-order valence-electron chi connectivity index (χ0n) is 18.4. The fraction of sp³-hybridized carbons (Fsp3) is 0.500. The van der Waals surface area contributed by atoms with E-state index in [4.69, 9.17) is 4.74 Å². The van der Waals surface area contributed by atoms with E-state index in [2.05, 4.69) is 57.2 Å². The van der Waals surface area contributed by atoms with Gasteiger partial charge in [-0.3, -0.25) is 4.79 Å². The minimum Gasteiger partial charge on any atom is -0.376 e. The summed E-state index contributed by atoms with van der Waals surface area (Å²) in [5.41, 5.74) is 3.73. The maximum atomic E-state index is 12.7. The van der Waals surface area contributed by atoms with Gasteiger partial charge in [-0.15, -0.1) is 0 Å². The number of rotatable bonds is 7. The van der Waals surface area contributed by atoms with E-state index in [0.717, 1.165) is 32.4 Å². The van der Waals surface area contributed by atoms with Gasteiger partial charge in [-0.05, 0) is 51.2 Å². The first-order valence-electron chi connectivity index (χ1n) is 10.9. The van der Waals surface area contributed by atoms with Gasteiger partial charge in [0.1, 0.15) is 0 Å². The molecule has 29 heavy (non-hydrogen) atoms. The number of ether oxygens (including phenoxy) is 1. The Morgan fingerprint density at radius 3 is 2.38 bits per heavy atom. The van der Waals surface area contributed by atoms with Gasteiger partial charge in [-0.25, -0.2) is 0 Å². The molecular formula is C26H35NO2. The Morgan fingerprint density at radius 2 is 1.76 bits per heavy atom. The Kier molecular flexibility index (Phi) is 6.79. The molecule has 0 aliphatic carbocycles. The summed E-state index contributed by atoms with van der Waals surface area (Å²) >= 11 is 0. The molecule has 0 spiro atoms. The van der Waals surface area contributed by atoms with Gasteiger partial charge in [0.2, 0.25) is 5.91 Å². The van der Waals surface area contributed by atoms with E-state index >= 15 is 0 Å². The number of carbonyl (C=O) groups excluding carboxylic acids is 1. The molecule has 3 rings (SSSR count). The second-order valence-corrected chi connectivity index (χ2v) is 9.09. The van der Waals surface area contributed by atoms with Crippen LogP contribution in [0.2, 0.25) is 0 Å². The van der Waals surface area contributed by atoms with E-state index in [0.29, 0.717) is 13.0 Å². The molecule has 0 radical (unpaired) electrons. The first kappa shape index (κ1) is 21.6. The van der Waals surface area contributed by atoms with Crippen LogP contribution in [0.1, 0.15) is 63.1 Å². The summed E-state index contributed by atoms with van der Waals surface area (Å²) in [7, 11) is 0. The second-order valence-electron chi connectivity index (χ2n) is 9.09. The first-order chi connectivity index (χ1) is 13.8. The van der Waals surface area contributed by atoms with Crippen LogP contribution in [0.5, 0.6) is 0 Å². The number of carbonyl (C=O) groups is 1. The summed E-state index contributed by atoms with van der Waals surface area (Å²) in [4.78, 5) is 14.7. The maximum Gasteiger partial charge on any atom is 0.222 e. The third-order valence-electron chi connectivity index (χ3n) is 6.23. The number of hydrogen-bond acceptors (Lipinski definition) is 2. The van der Waals surface area contributed by atoms with Crippen molar-refractivity contribution in [2.45, 2.75) is 70.9 Å². The molecule has 1 aliphatic rings. The van der Waals surface area contributed by atoms with Crippen molar-refractivity contribution in [1.29, 1.82) is 0 Å². The number of amides is 1. The molecule has 0 N–H and O–H groups in total. The summed E-state index contributed by atoms with van der Waals surface area (Å²) in [5, 5.41) is 0. The molecule has 1 heterocycles. The Labute approximate surface area is 176 Å². The average Bonchev–Trinajstić information content (AvgIpc) is 2.71. The van der Waals surface area contributed by atoms with Crippen molar-refractivity contribution in [3.63, 3.8) is 0 Å². The Bertz CT molecular complexity index is 797. The highest BCUT2D eigenvalue weighted by molar-refractivity contribution is 5.75. The third-order valence-corrected chi connectivity index (χ3v) is 6.23. The van der Waals surface area contributed by atoms with Gasteiger partial charge < -0.3 is 9.64 Å². The van der Waals surface area contributed by atoms with E-state index in [-0.39, 0.29) is 16.9 Å². The molecule has 1 aliphatic heterocycles. The lowest BCUT2D eigenvalue weighted by molar-refractivity contribution is -0.132. The van der Waals surface area contributed by atoms with E-state index in [9.17, 15) is 4.79 Å². The van der Waals surface area contributed by atoms with Crippen molar-refractivity contribution >= 4 is 5.91 Å². The fourth-order valence-corrected chi connectivity index (χ4v) is 4.66. The van der Waals surface area contributed by atoms with Crippen LogP contribution in [0.3, 0.4) is 0 Å². The van der Waals surface area contributed by atoms with Gasteiger partial charge in [0, 0.05) is 31.5 Å². The predicted molar refractivity (Wildman–Crippen MR) is 119 cm³/mol. The van der Waals surface area contributed by atoms with Crippen LogP contribution in [0, 0.1) is 6.92 Å². The third kappa shape index (κ3) is 5.48. The van der Waals surface area contributed by atoms with Crippen molar-refractivity contribution in [2.24, 2.45) is 0 Å². The molecule has 3 heteroatoms. The van der Waals surface area contributed by atoms with E-state index in [1.807, 2.05) is 30.0 Å². The number of hydrogen-bond donors (Lipinski definition) is 0. The lowest BCUT2D eigenvalue weighted by Gasteiger charge is -2.46. The molecule has 1 atom stereocenters. The fourth-order valence-electron chi connectivity index (χ4n) is 4.66. The van der Waals surface area contributed by atoms with Crippen molar-refractivity contribution < 1.29 is 9.53 Å². The van der Waals surface area contributed by atoms with Gasteiger partial charge >= 0.3 is 0 Å². The topological polar surface area (TPSA) is 29.5 Å². The van der Waals surface area contributed by atoms with Crippen LogP contribution in [0.4, 0.5) is 0 Å². The van der Waals surface area contributed by atoms with E-state index in [1.165, 1.54) is 16.7 Å². The minimum atomic E-state index is -0.151. The van der Waals surface area contributed by atoms with Crippen LogP contribution >= 0.6 is 0 Å². The lowest BCUT2D eigenvalue weighted by atomic mass is 9.67. The molecule has 0 aromatic heterocycles. The number of aryl methyl sites for hydroxylation is 1. The van der Waals surface area contributed by atoms with Crippen LogP contribution in [0.25, 0.3) is 0 Å². The van der Waals surface area contributed by atoms with E-state index in [1.54, 1.807) is 0 Å². The predicted octanol–water partition coefficient (Wildman–Crippen LogP) is 5.65. The molecule has 156 valence electrons. The highest BCUT2D eigenvalue weighted by atomic mass is 16.5. The second kappa shape index (κ2) is 9.13. The van der Waals surface area contributed by atoms with Crippen molar-refractivity contribution in [1.82, 2.24) is 4.90 Å². The molecular weight excluding hydrogens is 358 g/mol.